The molecule has 45 heavy (non-hydrogen) atoms. The van der Waals surface area contributed by atoms with Gasteiger partial charge in [0.2, 0.25) is 0 Å². The van der Waals surface area contributed by atoms with Crippen LogP contribution in [0.5, 0.6) is 11.5 Å². The highest BCUT2D eigenvalue weighted by atomic mass is 16.6. The summed E-state index contributed by atoms with van der Waals surface area (Å²) >= 11 is 0. The van der Waals surface area contributed by atoms with Crippen LogP contribution >= 0.6 is 0 Å². The van der Waals surface area contributed by atoms with Crippen LogP contribution in [0.3, 0.4) is 0 Å². The number of rotatable bonds is 10. The second-order valence-corrected chi connectivity index (χ2v) is 13.1. The van der Waals surface area contributed by atoms with Crippen molar-refractivity contribution in [2.75, 3.05) is 26.4 Å². The molecule has 4 heterocycles. The topological polar surface area (TPSA) is 59.4 Å². The van der Waals surface area contributed by atoms with Gasteiger partial charge >= 0.3 is 0 Å². The van der Waals surface area contributed by atoms with Crippen molar-refractivity contribution in [1.82, 2.24) is 0 Å². The predicted molar refractivity (Wildman–Crippen MR) is 177 cm³/mol. The van der Waals surface area contributed by atoms with Crippen LogP contribution in [0, 0.1) is 0 Å². The minimum atomic E-state index is 0.253. The van der Waals surface area contributed by atoms with Crippen LogP contribution in [0.1, 0.15) is 22.3 Å². The van der Waals surface area contributed by atoms with Crippen LogP contribution in [-0.2, 0) is 44.6 Å². The molecule has 0 spiro atoms. The first-order valence-corrected chi connectivity index (χ1v) is 16.3. The quantitative estimate of drug-likeness (QED) is 0.119. The Labute approximate surface area is 261 Å². The van der Waals surface area contributed by atoms with Gasteiger partial charge in [-0.05, 0) is 66.7 Å². The fourth-order valence-corrected chi connectivity index (χ4v) is 7.57. The number of ether oxygens (including phenoxy) is 5. The zero-order valence-electron chi connectivity index (χ0n) is 25.1. The second-order valence-electron chi connectivity index (χ2n) is 13.1. The van der Waals surface area contributed by atoms with Gasteiger partial charge in [0, 0.05) is 36.5 Å². The van der Waals surface area contributed by atoms with Crippen LogP contribution in [0.25, 0.3) is 43.1 Å². The molecule has 0 aromatic heterocycles. The lowest BCUT2D eigenvalue weighted by molar-refractivity contribution is 0.407. The van der Waals surface area contributed by atoms with E-state index in [0.717, 1.165) is 63.6 Å². The SMILES string of the molecule is c1ccc2c(CC3CO3)c3c(Oc4cccc5c(CC6CO6)c6ccccc6c(CC6CO6)c45)cccc3c(CC3CO3)c2c1. The maximum atomic E-state index is 7.20. The molecule has 4 aliphatic rings. The molecule has 0 saturated carbocycles. The molecule has 4 saturated heterocycles. The Morgan fingerprint density at radius 2 is 0.711 bits per heavy atom. The molecule has 4 fully saturated rings. The van der Waals surface area contributed by atoms with Gasteiger partial charge < -0.3 is 23.7 Å². The number of epoxide rings is 4. The minimum absolute atomic E-state index is 0.253. The molecular formula is C40H34O5. The summed E-state index contributed by atoms with van der Waals surface area (Å²) in [5.41, 5.74) is 5.30. The van der Waals surface area contributed by atoms with Gasteiger partial charge in [-0.3, -0.25) is 0 Å². The molecule has 224 valence electrons. The van der Waals surface area contributed by atoms with Crippen LogP contribution in [0.4, 0.5) is 0 Å². The molecule has 5 nitrogen and oxygen atoms in total. The van der Waals surface area contributed by atoms with Crippen molar-refractivity contribution in [2.45, 2.75) is 50.1 Å². The Morgan fingerprint density at radius 3 is 1.07 bits per heavy atom. The highest BCUT2D eigenvalue weighted by molar-refractivity contribution is 6.10. The van der Waals surface area contributed by atoms with Crippen molar-refractivity contribution in [3.05, 3.63) is 107 Å². The zero-order valence-corrected chi connectivity index (χ0v) is 25.1. The first kappa shape index (κ1) is 26.2. The first-order valence-electron chi connectivity index (χ1n) is 16.3. The van der Waals surface area contributed by atoms with E-state index in [0.29, 0.717) is 0 Å². The molecule has 0 bridgehead atoms. The molecule has 10 rings (SSSR count). The predicted octanol–water partition coefficient (Wildman–Crippen LogP) is 7.86. The molecule has 6 aromatic carbocycles. The summed E-state index contributed by atoms with van der Waals surface area (Å²) in [4.78, 5) is 0. The van der Waals surface area contributed by atoms with Gasteiger partial charge in [0.05, 0.1) is 50.8 Å². The molecule has 5 heteroatoms. The third-order valence-electron chi connectivity index (χ3n) is 10.0. The summed E-state index contributed by atoms with van der Waals surface area (Å²) in [6.07, 6.45) is 4.61. The van der Waals surface area contributed by atoms with Crippen LogP contribution in [0.2, 0.25) is 0 Å². The average molecular weight is 595 g/mol. The standard InChI is InChI=1S/C40H34O5/c1-3-9-29-27(7-1)33(15-23-19-41-23)31-11-5-13-37(39(31)35(29)17-25-21-43-25)45-38-14-6-12-32-34(16-24-20-42-24)28-8-2-4-10-30(28)36(40(32)38)18-26-22-44-26/h1-14,23-26H,15-22H2. The van der Waals surface area contributed by atoms with Gasteiger partial charge in [-0.2, -0.15) is 0 Å². The summed E-state index contributed by atoms with van der Waals surface area (Å²) in [6, 6.07) is 30.8. The summed E-state index contributed by atoms with van der Waals surface area (Å²) in [7, 11) is 0. The molecular weight excluding hydrogens is 560 g/mol. The summed E-state index contributed by atoms with van der Waals surface area (Å²) < 4.78 is 30.3. The number of benzene rings is 6. The lowest BCUT2D eigenvalue weighted by Crippen LogP contribution is -2.04. The van der Waals surface area contributed by atoms with Gasteiger partial charge in [0.15, 0.2) is 0 Å². The summed E-state index contributed by atoms with van der Waals surface area (Å²) in [5.74, 6) is 1.79. The highest BCUT2D eigenvalue weighted by Crippen LogP contribution is 2.46. The molecule has 0 aliphatic carbocycles. The van der Waals surface area contributed by atoms with E-state index in [1.165, 1.54) is 65.3 Å². The highest BCUT2D eigenvalue weighted by Gasteiger charge is 2.31. The maximum absolute atomic E-state index is 7.20. The Balaban J connectivity index is 1.22. The molecule has 4 unspecified atom stereocenters. The van der Waals surface area contributed by atoms with Crippen molar-refractivity contribution >= 4 is 43.1 Å². The lowest BCUT2D eigenvalue weighted by atomic mass is 9.87. The van der Waals surface area contributed by atoms with Crippen molar-refractivity contribution in [3.63, 3.8) is 0 Å². The Kier molecular flexibility index (Phi) is 5.98. The summed E-state index contributed by atoms with van der Waals surface area (Å²) in [6.45, 7) is 3.28. The lowest BCUT2D eigenvalue weighted by Gasteiger charge is -2.21. The van der Waals surface area contributed by atoms with E-state index in [1.807, 2.05) is 0 Å². The average Bonchev–Trinajstić information content (AvgIpc) is 3.86. The number of fused-ring (bicyclic) bond motifs is 4. The largest absolute Gasteiger partial charge is 0.456 e. The monoisotopic (exact) mass is 594 g/mol. The van der Waals surface area contributed by atoms with E-state index in [4.69, 9.17) is 23.7 Å². The minimum Gasteiger partial charge on any atom is -0.456 e. The number of hydrogen-bond acceptors (Lipinski definition) is 5. The van der Waals surface area contributed by atoms with Gasteiger partial charge in [0.25, 0.3) is 0 Å². The molecule has 4 atom stereocenters. The van der Waals surface area contributed by atoms with Crippen LogP contribution < -0.4 is 4.74 Å². The van der Waals surface area contributed by atoms with E-state index in [-0.39, 0.29) is 24.4 Å². The molecule has 4 aliphatic heterocycles. The van der Waals surface area contributed by atoms with Crippen molar-refractivity contribution < 1.29 is 23.7 Å². The maximum Gasteiger partial charge on any atom is 0.135 e. The van der Waals surface area contributed by atoms with Crippen LogP contribution in [-0.4, -0.2) is 50.8 Å². The van der Waals surface area contributed by atoms with E-state index >= 15 is 0 Å². The molecule has 0 N–H and O–H groups in total. The van der Waals surface area contributed by atoms with Crippen molar-refractivity contribution in [2.24, 2.45) is 0 Å². The van der Waals surface area contributed by atoms with E-state index in [2.05, 4.69) is 84.9 Å². The fourth-order valence-electron chi connectivity index (χ4n) is 7.57. The Hall–Kier alpha value is -4.00. The molecule has 0 radical (unpaired) electrons. The van der Waals surface area contributed by atoms with E-state index in [1.54, 1.807) is 0 Å². The molecule has 0 amide bonds. The Bertz CT molecular complexity index is 1980. The fraction of sp³-hybridized carbons (Fsp3) is 0.300. The van der Waals surface area contributed by atoms with Crippen molar-refractivity contribution in [1.29, 1.82) is 0 Å². The smallest absolute Gasteiger partial charge is 0.135 e. The summed E-state index contributed by atoms with van der Waals surface area (Å²) in [5, 5.41) is 10.1. The number of hydrogen-bond donors (Lipinski definition) is 0. The van der Waals surface area contributed by atoms with E-state index in [9.17, 15) is 0 Å². The van der Waals surface area contributed by atoms with Crippen LogP contribution in [0.15, 0.2) is 84.9 Å². The normalized spacial score (nSPS) is 23.2. The third-order valence-corrected chi connectivity index (χ3v) is 10.0. The van der Waals surface area contributed by atoms with Gasteiger partial charge in [-0.1, -0.05) is 72.8 Å². The third kappa shape index (κ3) is 4.77. The first-order chi connectivity index (χ1) is 22.3. The van der Waals surface area contributed by atoms with Crippen molar-refractivity contribution in [3.8, 4) is 11.5 Å². The van der Waals surface area contributed by atoms with Gasteiger partial charge in [0.1, 0.15) is 11.5 Å². The second kappa shape index (κ2) is 10.3. The Morgan fingerprint density at radius 1 is 0.400 bits per heavy atom. The van der Waals surface area contributed by atoms with Gasteiger partial charge in [-0.15, -0.1) is 0 Å². The van der Waals surface area contributed by atoms with Gasteiger partial charge in [-0.25, -0.2) is 0 Å². The zero-order chi connectivity index (χ0) is 29.5. The van der Waals surface area contributed by atoms with E-state index < -0.39 is 0 Å². The molecule has 6 aromatic rings.